The van der Waals surface area contributed by atoms with Gasteiger partial charge in [-0.3, -0.25) is 14.3 Å². The smallest absolute Gasteiger partial charge is 0.280 e. The minimum Gasteiger partial charge on any atom is -0.383 e. The fraction of sp³-hybridized carbons (Fsp3) is 0.161. The lowest BCUT2D eigenvalue weighted by molar-refractivity contribution is 0.0935. The van der Waals surface area contributed by atoms with E-state index in [2.05, 4.69) is 26.4 Å². The predicted molar refractivity (Wildman–Crippen MR) is 156 cm³/mol. The van der Waals surface area contributed by atoms with Gasteiger partial charge in [0, 0.05) is 30.5 Å². The second-order valence-electron chi connectivity index (χ2n) is 10.3. The number of carbonyl (C=O) groups excluding carboxylic acids is 1. The van der Waals surface area contributed by atoms with E-state index in [-0.39, 0.29) is 23.2 Å². The molecule has 0 fully saturated rings. The maximum atomic E-state index is 12.9. The number of nitrogen functional groups attached to an aromatic ring is 1. The standard InChI is InChI=1S/C31H25F2N9O/c1-17-14-25(41-13-3-12-37-41)39-30-26(17)40-29(22-4-2-11-35-28(22)34)42(30)20-7-8-21-18(15-20)5-9-23(21)38-31(43)19-6-10-24(27(32)33)36-16-19/h2-4,6-8,10-16,23,27H,5,9H2,1H3,(H2,34,35)(H,38,43)/t23-/m0/s1. The molecule has 0 bridgehead atoms. The van der Waals surface area contributed by atoms with Crippen LogP contribution in [-0.2, 0) is 6.42 Å². The summed E-state index contributed by atoms with van der Waals surface area (Å²) in [7, 11) is 0. The van der Waals surface area contributed by atoms with Crippen molar-refractivity contribution in [2.24, 2.45) is 0 Å². The quantitative estimate of drug-likeness (QED) is 0.275. The van der Waals surface area contributed by atoms with Crippen molar-refractivity contribution in [1.29, 1.82) is 0 Å². The predicted octanol–water partition coefficient (Wildman–Crippen LogP) is 5.31. The molecule has 3 N–H and O–H groups in total. The SMILES string of the molecule is Cc1cc(-n2cccn2)nc2c1nc(-c1cccnc1N)n2-c1ccc2c(c1)CC[C@@H]2NC(=O)c1ccc(C(F)F)nc1. The van der Waals surface area contributed by atoms with Gasteiger partial charge in [0.25, 0.3) is 12.3 Å². The number of halogens is 2. The fourth-order valence-electron chi connectivity index (χ4n) is 5.54. The van der Waals surface area contributed by atoms with Crippen LogP contribution >= 0.6 is 0 Å². The highest BCUT2D eigenvalue weighted by molar-refractivity contribution is 5.94. The molecular weight excluding hydrogens is 552 g/mol. The van der Waals surface area contributed by atoms with E-state index in [0.717, 1.165) is 34.3 Å². The third-order valence-electron chi connectivity index (χ3n) is 7.65. The van der Waals surface area contributed by atoms with E-state index in [9.17, 15) is 13.6 Å². The van der Waals surface area contributed by atoms with E-state index in [1.54, 1.807) is 17.1 Å². The first-order valence-electron chi connectivity index (χ1n) is 13.7. The number of nitrogens with one attached hydrogen (secondary N) is 1. The minimum atomic E-state index is -2.69. The van der Waals surface area contributed by atoms with Gasteiger partial charge in [-0.15, -0.1) is 0 Å². The summed E-state index contributed by atoms with van der Waals surface area (Å²) in [5.41, 5.74) is 12.1. The molecule has 0 aliphatic heterocycles. The number of aryl methyl sites for hydroxylation is 2. The van der Waals surface area contributed by atoms with Crippen LogP contribution in [0, 0.1) is 6.92 Å². The van der Waals surface area contributed by atoms with E-state index in [1.165, 1.54) is 18.3 Å². The van der Waals surface area contributed by atoms with Gasteiger partial charge in [-0.1, -0.05) is 6.07 Å². The fourth-order valence-corrected chi connectivity index (χ4v) is 5.54. The van der Waals surface area contributed by atoms with Crippen LogP contribution in [0.4, 0.5) is 14.6 Å². The van der Waals surface area contributed by atoms with Crippen LogP contribution in [-0.4, -0.2) is 40.2 Å². The third kappa shape index (κ3) is 4.66. The first-order chi connectivity index (χ1) is 20.9. The van der Waals surface area contributed by atoms with Gasteiger partial charge in [0.15, 0.2) is 17.3 Å². The molecule has 1 amide bonds. The third-order valence-corrected chi connectivity index (χ3v) is 7.65. The van der Waals surface area contributed by atoms with Crippen molar-refractivity contribution >= 4 is 22.9 Å². The molecule has 5 heterocycles. The van der Waals surface area contributed by atoms with Crippen LogP contribution in [0.25, 0.3) is 34.1 Å². The van der Waals surface area contributed by atoms with Crippen molar-refractivity contribution in [3.63, 3.8) is 0 Å². The molecular formula is C31H25F2N9O. The lowest BCUT2D eigenvalue weighted by Crippen LogP contribution is -2.27. The molecule has 10 nitrogen and oxygen atoms in total. The summed E-state index contributed by atoms with van der Waals surface area (Å²) in [5.74, 6) is 1.25. The summed E-state index contributed by atoms with van der Waals surface area (Å²) < 4.78 is 29.4. The minimum absolute atomic E-state index is 0.229. The number of alkyl halides is 2. The monoisotopic (exact) mass is 577 g/mol. The molecule has 214 valence electrons. The van der Waals surface area contributed by atoms with Gasteiger partial charge in [0.1, 0.15) is 17.0 Å². The molecule has 7 rings (SSSR count). The first kappa shape index (κ1) is 26.4. The second kappa shape index (κ2) is 10.4. The summed E-state index contributed by atoms with van der Waals surface area (Å²) in [5, 5.41) is 7.38. The Morgan fingerprint density at radius 2 is 1.95 bits per heavy atom. The van der Waals surface area contributed by atoms with Crippen molar-refractivity contribution in [3.05, 3.63) is 107 Å². The number of hydrogen-bond acceptors (Lipinski definition) is 7. The van der Waals surface area contributed by atoms with E-state index in [0.29, 0.717) is 35.1 Å². The van der Waals surface area contributed by atoms with E-state index >= 15 is 0 Å². The van der Waals surface area contributed by atoms with Crippen LogP contribution in [0.3, 0.4) is 0 Å². The molecule has 1 atom stereocenters. The topological polar surface area (TPSA) is 129 Å². The molecule has 0 spiro atoms. The van der Waals surface area contributed by atoms with Crippen molar-refractivity contribution in [3.8, 4) is 22.9 Å². The summed E-state index contributed by atoms with van der Waals surface area (Å²) in [6.45, 7) is 1.98. The van der Waals surface area contributed by atoms with Crippen LogP contribution in [0.15, 0.2) is 79.4 Å². The number of amides is 1. The maximum Gasteiger partial charge on any atom is 0.280 e. The first-order valence-corrected chi connectivity index (χ1v) is 13.7. The van der Waals surface area contributed by atoms with Crippen LogP contribution in [0.1, 0.15) is 51.6 Å². The number of hydrogen-bond donors (Lipinski definition) is 2. The van der Waals surface area contributed by atoms with Gasteiger partial charge in [-0.05, 0) is 85.0 Å². The normalized spacial score (nSPS) is 14.4. The number of benzene rings is 1. The molecule has 0 saturated carbocycles. The Balaban J connectivity index is 1.29. The number of nitrogens with zero attached hydrogens (tertiary/aromatic N) is 7. The zero-order valence-corrected chi connectivity index (χ0v) is 22.9. The summed E-state index contributed by atoms with van der Waals surface area (Å²) in [6, 6.07) is 15.8. The lowest BCUT2D eigenvalue weighted by atomic mass is 10.1. The highest BCUT2D eigenvalue weighted by Gasteiger charge is 2.27. The number of anilines is 1. The maximum absolute atomic E-state index is 12.9. The largest absolute Gasteiger partial charge is 0.383 e. The zero-order valence-electron chi connectivity index (χ0n) is 22.9. The molecule has 0 saturated heterocycles. The number of aromatic nitrogens is 7. The van der Waals surface area contributed by atoms with E-state index in [1.807, 2.05) is 54.1 Å². The summed E-state index contributed by atoms with van der Waals surface area (Å²) in [4.78, 5) is 30.8. The van der Waals surface area contributed by atoms with Crippen LogP contribution < -0.4 is 11.1 Å². The molecule has 0 radical (unpaired) electrons. The Morgan fingerprint density at radius 3 is 2.70 bits per heavy atom. The zero-order chi connectivity index (χ0) is 29.7. The number of rotatable bonds is 6. The highest BCUT2D eigenvalue weighted by atomic mass is 19.3. The van der Waals surface area contributed by atoms with Gasteiger partial charge in [0.2, 0.25) is 0 Å². The summed E-state index contributed by atoms with van der Waals surface area (Å²) in [6.07, 6.45) is 5.09. The molecule has 0 unspecified atom stereocenters. The number of nitrogens with two attached hydrogens (primary N) is 1. The Labute approximate surface area is 244 Å². The Kier molecular flexibility index (Phi) is 6.38. The Hall–Kier alpha value is -5.52. The van der Waals surface area contributed by atoms with Crippen LogP contribution in [0.2, 0.25) is 0 Å². The van der Waals surface area contributed by atoms with Gasteiger partial charge < -0.3 is 11.1 Å². The number of carbonyl (C=O) groups is 1. The van der Waals surface area contributed by atoms with Crippen molar-refractivity contribution in [2.75, 3.05) is 5.73 Å². The van der Waals surface area contributed by atoms with Gasteiger partial charge in [0.05, 0.1) is 17.2 Å². The molecule has 43 heavy (non-hydrogen) atoms. The average molecular weight is 578 g/mol. The van der Waals surface area contributed by atoms with Crippen LogP contribution in [0.5, 0.6) is 0 Å². The number of imidazole rings is 1. The number of pyridine rings is 3. The number of fused-ring (bicyclic) bond motifs is 2. The second-order valence-corrected chi connectivity index (χ2v) is 10.3. The van der Waals surface area contributed by atoms with Crippen molar-refractivity contribution < 1.29 is 13.6 Å². The Morgan fingerprint density at radius 1 is 1.07 bits per heavy atom. The molecule has 12 heteroatoms. The van der Waals surface area contributed by atoms with Gasteiger partial charge >= 0.3 is 0 Å². The Bertz CT molecular complexity index is 1990. The van der Waals surface area contributed by atoms with E-state index in [4.69, 9.17) is 15.7 Å². The van der Waals surface area contributed by atoms with E-state index < -0.39 is 6.43 Å². The summed E-state index contributed by atoms with van der Waals surface area (Å²) >= 11 is 0. The average Bonchev–Trinajstić information content (AvgIpc) is 3.77. The van der Waals surface area contributed by atoms with Crippen molar-refractivity contribution in [2.45, 2.75) is 32.2 Å². The van der Waals surface area contributed by atoms with Crippen molar-refractivity contribution in [1.82, 2.24) is 39.6 Å². The molecule has 1 aliphatic carbocycles. The molecule has 1 aliphatic rings. The molecule has 6 aromatic rings. The molecule has 1 aromatic carbocycles. The van der Waals surface area contributed by atoms with Gasteiger partial charge in [-0.25, -0.2) is 28.4 Å². The van der Waals surface area contributed by atoms with Gasteiger partial charge in [-0.2, -0.15) is 5.10 Å². The highest BCUT2D eigenvalue weighted by Crippen LogP contribution is 2.36. The molecule has 5 aromatic heterocycles. The lowest BCUT2D eigenvalue weighted by Gasteiger charge is -2.16.